The predicted octanol–water partition coefficient (Wildman–Crippen LogP) is 2.46. The maximum atomic E-state index is 12.0. The predicted molar refractivity (Wildman–Crippen MR) is 118 cm³/mol. The minimum Gasteiger partial charge on any atom is -0.390 e. The lowest BCUT2D eigenvalue weighted by Crippen LogP contribution is -2.27. The van der Waals surface area contributed by atoms with Gasteiger partial charge in [-0.1, -0.05) is 35.5 Å². The molecule has 3 aromatic rings. The molecule has 0 radical (unpaired) electrons. The van der Waals surface area contributed by atoms with Gasteiger partial charge in [-0.05, 0) is 19.5 Å². The Kier molecular flexibility index (Phi) is 6.11. The molecule has 1 aliphatic heterocycles. The number of carbonyl (C=O) groups excluding carboxylic acids is 1. The van der Waals surface area contributed by atoms with Crippen molar-refractivity contribution in [2.75, 3.05) is 20.2 Å². The van der Waals surface area contributed by atoms with Crippen LogP contribution in [0.3, 0.4) is 0 Å². The third kappa shape index (κ3) is 4.50. The van der Waals surface area contributed by atoms with E-state index in [1.54, 1.807) is 12.4 Å². The number of β-amino-alcohol motifs (C(OH)–C–C–N with tert-alkyl or cyclic N) is 1. The molecule has 1 amide bonds. The molecule has 4 rings (SSSR count). The summed E-state index contributed by atoms with van der Waals surface area (Å²) in [6, 6.07) is 9.98. The lowest BCUT2D eigenvalue weighted by atomic mass is 10.1. The zero-order chi connectivity index (χ0) is 21.8. The second-order valence-corrected chi connectivity index (χ2v) is 7.30. The molecule has 0 unspecified atom stereocenters. The van der Waals surface area contributed by atoms with Gasteiger partial charge < -0.3 is 14.9 Å². The van der Waals surface area contributed by atoms with Gasteiger partial charge >= 0.3 is 5.91 Å². The van der Waals surface area contributed by atoms with Crippen molar-refractivity contribution >= 4 is 17.7 Å². The summed E-state index contributed by atoms with van der Waals surface area (Å²) in [5.41, 5.74) is 5.60. The monoisotopic (exact) mass is 420 g/mol. The molecular weight excluding hydrogens is 394 g/mol. The molecule has 0 saturated heterocycles. The largest absolute Gasteiger partial charge is 0.390 e. The number of amides is 1. The van der Waals surface area contributed by atoms with Gasteiger partial charge in [0.25, 0.3) is 0 Å². The van der Waals surface area contributed by atoms with Gasteiger partial charge in [0.1, 0.15) is 18.0 Å². The third-order valence-corrected chi connectivity index (χ3v) is 5.08. The summed E-state index contributed by atoms with van der Waals surface area (Å²) in [6.45, 7) is 2.82. The van der Waals surface area contributed by atoms with E-state index in [9.17, 15) is 9.90 Å². The van der Waals surface area contributed by atoms with Crippen molar-refractivity contribution < 1.29 is 20.4 Å². The molecule has 0 saturated carbocycles. The standard InChI is InChI=1S/C23H24N5O3.H2/c1-15-23(21-11-19(27-31-21)17-5-3-16(4-6-17)12-24-2)26-20(13-25-15)18-7-8-22(30)28(14-18)9-10-29;/h3-7,11,13-14,24,29H,8-10,12H2,1-2H3;1H/q+1;. The number of rotatable bonds is 7. The van der Waals surface area contributed by atoms with Crippen molar-refractivity contribution in [1.82, 2.24) is 20.4 Å². The molecule has 8 heteroatoms. The maximum absolute atomic E-state index is 12.0. The molecule has 1 aliphatic rings. The number of aromatic nitrogens is 3. The highest BCUT2D eigenvalue weighted by Gasteiger charge is 2.23. The van der Waals surface area contributed by atoms with Crippen LogP contribution in [0.5, 0.6) is 0 Å². The SMILES string of the molecule is CNCc1ccc(-c2cc(-c3nc(C4=CCC(=O)[N+](CCO)=C4)cnc3C)on2)cc1.[HH]. The number of hydrogen-bond acceptors (Lipinski definition) is 7. The minimum atomic E-state index is -0.100. The second kappa shape index (κ2) is 9.11. The van der Waals surface area contributed by atoms with E-state index in [1.165, 1.54) is 10.1 Å². The van der Waals surface area contributed by atoms with Crippen LogP contribution in [0, 0.1) is 6.92 Å². The average Bonchev–Trinajstić information content (AvgIpc) is 3.27. The molecule has 0 fully saturated rings. The van der Waals surface area contributed by atoms with Gasteiger partial charge in [0.2, 0.25) is 0 Å². The fourth-order valence-corrected chi connectivity index (χ4v) is 3.42. The molecule has 0 aliphatic carbocycles. The van der Waals surface area contributed by atoms with Gasteiger partial charge in [0.15, 0.2) is 18.5 Å². The zero-order valence-electron chi connectivity index (χ0n) is 17.5. The Morgan fingerprint density at radius 1 is 1.26 bits per heavy atom. The molecule has 160 valence electrons. The molecule has 8 nitrogen and oxygen atoms in total. The molecule has 2 N–H and O–H groups in total. The van der Waals surface area contributed by atoms with Crippen molar-refractivity contribution in [1.29, 1.82) is 0 Å². The Hall–Kier alpha value is -3.49. The van der Waals surface area contributed by atoms with E-state index in [2.05, 4.69) is 27.6 Å². The van der Waals surface area contributed by atoms with Crippen molar-refractivity contribution in [3.63, 3.8) is 0 Å². The zero-order valence-corrected chi connectivity index (χ0v) is 17.5. The second-order valence-electron chi connectivity index (χ2n) is 7.30. The Morgan fingerprint density at radius 2 is 2.06 bits per heavy atom. The summed E-state index contributed by atoms with van der Waals surface area (Å²) in [6.07, 6.45) is 5.44. The topological polar surface area (TPSA) is 104 Å². The highest BCUT2D eigenvalue weighted by atomic mass is 16.5. The van der Waals surface area contributed by atoms with Crippen molar-refractivity contribution in [2.24, 2.45) is 0 Å². The molecular formula is C23H26N5O3+. The first-order valence-electron chi connectivity index (χ1n) is 10.1. The van der Waals surface area contributed by atoms with E-state index < -0.39 is 0 Å². The fraction of sp³-hybridized carbons (Fsp3) is 0.261. The number of aliphatic hydroxyl groups excluding tert-OH is 1. The molecule has 2 aromatic heterocycles. The number of benzene rings is 1. The summed E-state index contributed by atoms with van der Waals surface area (Å²) in [5, 5.41) is 16.5. The van der Waals surface area contributed by atoms with Crippen LogP contribution >= 0.6 is 0 Å². The normalized spacial score (nSPS) is 13.8. The third-order valence-electron chi connectivity index (χ3n) is 5.08. The number of nitrogens with one attached hydrogen (secondary N) is 1. The number of aryl methyl sites for hydroxylation is 1. The number of allylic oxidation sites excluding steroid dienone is 1. The van der Waals surface area contributed by atoms with Crippen LogP contribution in [0.25, 0.3) is 28.3 Å². The molecule has 3 heterocycles. The van der Waals surface area contributed by atoms with E-state index >= 15 is 0 Å². The number of hydrogen-bond donors (Lipinski definition) is 2. The van der Waals surface area contributed by atoms with Crippen LogP contribution < -0.4 is 5.32 Å². The summed E-state index contributed by atoms with van der Waals surface area (Å²) < 4.78 is 7.09. The molecule has 1 aromatic carbocycles. The first kappa shape index (κ1) is 20.8. The van der Waals surface area contributed by atoms with Crippen molar-refractivity contribution in [3.05, 3.63) is 59.6 Å². The average molecular weight is 420 g/mol. The smallest absolute Gasteiger partial charge is 0.390 e. The van der Waals surface area contributed by atoms with Crippen LogP contribution in [-0.2, 0) is 11.3 Å². The fourth-order valence-electron chi connectivity index (χ4n) is 3.42. The van der Waals surface area contributed by atoms with Crippen LogP contribution in [0.15, 0.2) is 47.1 Å². The summed E-state index contributed by atoms with van der Waals surface area (Å²) in [7, 11) is 1.92. The summed E-state index contributed by atoms with van der Waals surface area (Å²) >= 11 is 0. The van der Waals surface area contributed by atoms with Gasteiger partial charge in [0.05, 0.1) is 29.6 Å². The molecule has 0 spiro atoms. The molecule has 31 heavy (non-hydrogen) atoms. The van der Waals surface area contributed by atoms with Gasteiger partial charge in [-0.25, -0.2) is 9.78 Å². The number of carbonyl (C=O) groups is 1. The van der Waals surface area contributed by atoms with Crippen LogP contribution in [0.1, 0.15) is 24.8 Å². The minimum absolute atomic E-state index is 0. The number of aliphatic hydroxyl groups is 1. The lowest BCUT2D eigenvalue weighted by Gasteiger charge is -2.08. The van der Waals surface area contributed by atoms with E-state index in [1.807, 2.05) is 38.2 Å². The van der Waals surface area contributed by atoms with E-state index in [0.717, 1.165) is 29.1 Å². The van der Waals surface area contributed by atoms with Crippen LogP contribution in [0.4, 0.5) is 0 Å². The first-order valence-corrected chi connectivity index (χ1v) is 10.1. The van der Waals surface area contributed by atoms with Crippen LogP contribution in [0.2, 0.25) is 0 Å². The van der Waals surface area contributed by atoms with E-state index in [-0.39, 0.29) is 26.9 Å². The molecule has 0 bridgehead atoms. The van der Waals surface area contributed by atoms with Gasteiger partial charge in [0, 0.05) is 19.6 Å². The van der Waals surface area contributed by atoms with Gasteiger partial charge in [-0.2, -0.15) is 4.58 Å². The maximum Gasteiger partial charge on any atom is 0.390 e. The Labute approximate surface area is 181 Å². The van der Waals surface area contributed by atoms with Gasteiger partial charge in [-0.3, -0.25) is 4.98 Å². The number of nitrogens with zero attached hydrogens (tertiary/aromatic N) is 4. The van der Waals surface area contributed by atoms with Crippen molar-refractivity contribution in [2.45, 2.75) is 19.9 Å². The summed E-state index contributed by atoms with van der Waals surface area (Å²) in [4.78, 5) is 21.2. The van der Waals surface area contributed by atoms with Gasteiger partial charge in [-0.15, -0.1) is 0 Å². The highest BCUT2D eigenvalue weighted by Crippen LogP contribution is 2.27. The molecule has 0 atom stereocenters. The lowest BCUT2D eigenvalue weighted by molar-refractivity contribution is -0.447. The van der Waals surface area contributed by atoms with Crippen LogP contribution in [-0.4, -0.2) is 57.1 Å². The van der Waals surface area contributed by atoms with E-state index in [4.69, 9.17) is 9.51 Å². The Bertz CT molecular complexity index is 1170. The van der Waals surface area contributed by atoms with Crippen molar-refractivity contribution in [3.8, 4) is 22.7 Å². The quantitative estimate of drug-likeness (QED) is 0.566. The first-order chi connectivity index (χ1) is 15.1. The highest BCUT2D eigenvalue weighted by molar-refractivity contribution is 6.10. The Morgan fingerprint density at radius 3 is 2.81 bits per heavy atom. The van der Waals surface area contributed by atoms with E-state index in [0.29, 0.717) is 17.1 Å². The summed E-state index contributed by atoms with van der Waals surface area (Å²) in [5.74, 6) is 0.472. The Balaban J connectivity index is 0.00000289.